The molecule has 3 aromatic rings. The van der Waals surface area contributed by atoms with Crippen molar-refractivity contribution in [1.29, 1.82) is 0 Å². The van der Waals surface area contributed by atoms with Crippen LogP contribution in [-0.2, 0) is 13.1 Å². The molecule has 0 N–H and O–H groups in total. The summed E-state index contributed by atoms with van der Waals surface area (Å²) in [6.07, 6.45) is 0. The fourth-order valence-electron chi connectivity index (χ4n) is 3.39. The molecular weight excluding hydrogens is 350 g/mol. The summed E-state index contributed by atoms with van der Waals surface area (Å²) >= 11 is 0. The lowest BCUT2D eigenvalue weighted by molar-refractivity contribution is 0.0778. The van der Waals surface area contributed by atoms with E-state index in [4.69, 9.17) is 0 Å². The molecule has 146 valence electrons. The number of aryl methyl sites for hydroxylation is 2. The molecule has 0 saturated carbocycles. The summed E-state index contributed by atoms with van der Waals surface area (Å²) in [4.78, 5) is 27.7. The molecule has 0 unspecified atom stereocenters. The van der Waals surface area contributed by atoms with Gasteiger partial charge in [0.2, 0.25) is 0 Å². The van der Waals surface area contributed by atoms with Crippen LogP contribution in [0.3, 0.4) is 0 Å². The summed E-state index contributed by atoms with van der Waals surface area (Å²) in [5, 5.41) is 5.58. The van der Waals surface area contributed by atoms with E-state index in [0.29, 0.717) is 29.6 Å². The van der Waals surface area contributed by atoms with Crippen LogP contribution in [0.4, 0.5) is 0 Å². The Morgan fingerprint density at radius 3 is 2.43 bits per heavy atom. The van der Waals surface area contributed by atoms with Crippen LogP contribution in [0.5, 0.6) is 0 Å². The number of hydrogen-bond acceptors (Lipinski definition) is 3. The predicted octanol–water partition coefficient (Wildman–Crippen LogP) is 3.94. The van der Waals surface area contributed by atoms with Gasteiger partial charge in [0.05, 0.1) is 5.39 Å². The Kier molecular flexibility index (Phi) is 5.63. The summed E-state index contributed by atoms with van der Waals surface area (Å²) in [5.74, 6) is 0.0657. The van der Waals surface area contributed by atoms with E-state index < -0.39 is 0 Å². The number of rotatable bonds is 5. The number of carbonyl (C=O) groups excluding carboxylic acids is 1. The zero-order valence-corrected chi connectivity index (χ0v) is 17.2. The predicted molar refractivity (Wildman–Crippen MR) is 113 cm³/mol. The molecule has 1 aromatic heterocycles. The topological polar surface area (TPSA) is 55.2 Å². The molecule has 0 bridgehead atoms. The third kappa shape index (κ3) is 3.98. The Balaban J connectivity index is 2.02. The summed E-state index contributed by atoms with van der Waals surface area (Å²) < 4.78 is 1.42. The average Bonchev–Trinajstić information content (AvgIpc) is 2.65. The lowest BCUT2D eigenvalue weighted by Gasteiger charge is -2.20. The van der Waals surface area contributed by atoms with Crippen molar-refractivity contribution in [1.82, 2.24) is 14.7 Å². The number of amides is 1. The fourth-order valence-corrected chi connectivity index (χ4v) is 3.39. The highest BCUT2D eigenvalue weighted by atomic mass is 16.2. The second kappa shape index (κ2) is 7.97. The number of carbonyl (C=O) groups is 1. The molecule has 0 aliphatic rings. The number of benzene rings is 2. The zero-order valence-electron chi connectivity index (χ0n) is 17.2. The first kappa shape index (κ1) is 19.8. The molecule has 1 amide bonds. The van der Waals surface area contributed by atoms with Gasteiger partial charge in [-0.05, 0) is 37.0 Å². The fraction of sp³-hybridized carbons (Fsp3) is 0.348. The van der Waals surface area contributed by atoms with E-state index in [0.717, 1.165) is 11.1 Å². The van der Waals surface area contributed by atoms with Crippen molar-refractivity contribution >= 4 is 16.7 Å². The second-order valence-corrected chi connectivity index (χ2v) is 7.87. The molecule has 2 aromatic carbocycles. The number of nitrogens with zero attached hydrogens (tertiary/aromatic N) is 3. The molecular formula is C23H27N3O2. The van der Waals surface area contributed by atoms with Crippen LogP contribution < -0.4 is 5.56 Å². The second-order valence-electron chi connectivity index (χ2n) is 7.87. The number of aromatic nitrogens is 2. The summed E-state index contributed by atoms with van der Waals surface area (Å²) in [5.41, 5.74) is 3.62. The average molecular weight is 377 g/mol. The first-order chi connectivity index (χ1) is 13.3. The molecule has 0 saturated heterocycles. The standard InChI is InChI=1S/C23H27N3O2/c1-15(2)13-26-22(27)20-9-7-6-8-19(20)21(24-26)23(28)25(5)14-18-11-10-16(3)12-17(18)4/h6-12,15H,13-14H2,1-5H3. The highest BCUT2D eigenvalue weighted by molar-refractivity contribution is 6.04. The van der Waals surface area contributed by atoms with Crippen LogP contribution >= 0.6 is 0 Å². The highest BCUT2D eigenvalue weighted by Crippen LogP contribution is 2.18. The van der Waals surface area contributed by atoms with Crippen LogP contribution in [0, 0.1) is 19.8 Å². The first-order valence-electron chi connectivity index (χ1n) is 9.59. The van der Waals surface area contributed by atoms with E-state index in [9.17, 15) is 9.59 Å². The van der Waals surface area contributed by atoms with Gasteiger partial charge in [-0.25, -0.2) is 4.68 Å². The third-order valence-electron chi connectivity index (χ3n) is 4.86. The Hall–Kier alpha value is -2.95. The zero-order chi connectivity index (χ0) is 20.4. The Labute approximate surface area is 165 Å². The largest absolute Gasteiger partial charge is 0.336 e. The van der Waals surface area contributed by atoms with Crippen molar-refractivity contribution < 1.29 is 4.79 Å². The van der Waals surface area contributed by atoms with Gasteiger partial charge in [0, 0.05) is 25.5 Å². The van der Waals surface area contributed by atoms with Crippen LogP contribution in [0.25, 0.3) is 10.8 Å². The normalized spacial score (nSPS) is 11.2. The van der Waals surface area contributed by atoms with Crippen molar-refractivity contribution in [2.45, 2.75) is 40.8 Å². The lowest BCUT2D eigenvalue weighted by atomic mass is 10.0. The SMILES string of the molecule is Cc1ccc(CN(C)C(=O)c2nn(CC(C)C)c(=O)c3ccccc23)c(C)c1. The van der Waals surface area contributed by atoms with Gasteiger partial charge in [0.1, 0.15) is 0 Å². The number of fused-ring (bicyclic) bond motifs is 1. The van der Waals surface area contributed by atoms with Gasteiger partial charge in [-0.3, -0.25) is 9.59 Å². The van der Waals surface area contributed by atoms with Gasteiger partial charge in [0.25, 0.3) is 11.5 Å². The Bertz CT molecular complexity index is 1080. The van der Waals surface area contributed by atoms with Crippen LogP contribution in [0.2, 0.25) is 0 Å². The molecule has 5 nitrogen and oxygen atoms in total. The van der Waals surface area contributed by atoms with Gasteiger partial charge in [0.15, 0.2) is 5.69 Å². The highest BCUT2D eigenvalue weighted by Gasteiger charge is 2.20. The van der Waals surface area contributed by atoms with E-state index in [1.54, 1.807) is 24.1 Å². The molecule has 0 spiro atoms. The summed E-state index contributed by atoms with van der Waals surface area (Å²) in [6, 6.07) is 13.4. The van der Waals surface area contributed by atoms with Gasteiger partial charge < -0.3 is 4.90 Å². The molecule has 0 aliphatic heterocycles. The van der Waals surface area contributed by atoms with Crippen molar-refractivity contribution in [2.24, 2.45) is 5.92 Å². The van der Waals surface area contributed by atoms with E-state index in [-0.39, 0.29) is 17.4 Å². The maximum atomic E-state index is 13.2. The number of hydrogen-bond donors (Lipinski definition) is 0. The maximum Gasteiger partial charge on any atom is 0.274 e. The van der Waals surface area contributed by atoms with E-state index in [1.807, 2.05) is 26.0 Å². The van der Waals surface area contributed by atoms with Crippen molar-refractivity contribution in [3.63, 3.8) is 0 Å². The third-order valence-corrected chi connectivity index (χ3v) is 4.86. The molecule has 0 atom stereocenters. The van der Waals surface area contributed by atoms with Crippen LogP contribution in [-0.4, -0.2) is 27.6 Å². The summed E-state index contributed by atoms with van der Waals surface area (Å²) in [7, 11) is 1.77. The molecule has 5 heteroatoms. The monoisotopic (exact) mass is 377 g/mol. The van der Waals surface area contributed by atoms with Crippen molar-refractivity contribution in [3.8, 4) is 0 Å². The smallest absolute Gasteiger partial charge is 0.274 e. The molecule has 0 fully saturated rings. The van der Waals surface area contributed by atoms with Crippen LogP contribution in [0.15, 0.2) is 47.3 Å². The van der Waals surface area contributed by atoms with Crippen LogP contribution in [0.1, 0.15) is 41.0 Å². The molecule has 3 rings (SSSR count). The maximum absolute atomic E-state index is 13.2. The van der Waals surface area contributed by atoms with Gasteiger partial charge in [-0.1, -0.05) is 55.8 Å². The van der Waals surface area contributed by atoms with E-state index in [1.165, 1.54) is 10.2 Å². The lowest BCUT2D eigenvalue weighted by Crippen LogP contribution is -2.32. The molecule has 1 heterocycles. The van der Waals surface area contributed by atoms with Gasteiger partial charge >= 0.3 is 0 Å². The Morgan fingerprint density at radius 2 is 1.79 bits per heavy atom. The van der Waals surface area contributed by atoms with Gasteiger partial charge in [-0.15, -0.1) is 0 Å². The molecule has 0 radical (unpaired) electrons. The molecule has 28 heavy (non-hydrogen) atoms. The minimum atomic E-state index is -0.186. The minimum absolute atomic E-state index is 0.155. The minimum Gasteiger partial charge on any atom is -0.336 e. The summed E-state index contributed by atoms with van der Waals surface area (Å²) in [6.45, 7) is 9.12. The van der Waals surface area contributed by atoms with E-state index >= 15 is 0 Å². The van der Waals surface area contributed by atoms with Crippen molar-refractivity contribution in [3.05, 3.63) is 75.2 Å². The quantitative estimate of drug-likeness (QED) is 0.677. The molecule has 0 aliphatic carbocycles. The van der Waals surface area contributed by atoms with Gasteiger partial charge in [-0.2, -0.15) is 5.10 Å². The first-order valence-corrected chi connectivity index (χ1v) is 9.59. The Morgan fingerprint density at radius 1 is 1.11 bits per heavy atom. The van der Waals surface area contributed by atoms with Crippen molar-refractivity contribution in [2.75, 3.05) is 7.05 Å². The van der Waals surface area contributed by atoms with E-state index in [2.05, 4.69) is 37.1 Å².